The highest BCUT2D eigenvalue weighted by molar-refractivity contribution is 5.60. The number of hydrogen-bond acceptors (Lipinski definition) is 6. The van der Waals surface area contributed by atoms with E-state index in [-0.39, 0.29) is 0 Å². The average molecular weight is 340 g/mol. The summed E-state index contributed by atoms with van der Waals surface area (Å²) in [6.07, 6.45) is 0. The molecule has 25 heavy (non-hydrogen) atoms. The molecule has 0 spiro atoms. The van der Waals surface area contributed by atoms with Gasteiger partial charge in [0, 0.05) is 5.56 Å². The Morgan fingerprint density at radius 1 is 1.00 bits per heavy atom. The van der Waals surface area contributed by atoms with Gasteiger partial charge in [-0.15, -0.1) is 10.2 Å². The quantitative estimate of drug-likeness (QED) is 0.658. The van der Waals surface area contributed by atoms with Crippen LogP contribution in [0.1, 0.15) is 5.56 Å². The number of rotatable bonds is 7. The van der Waals surface area contributed by atoms with Crippen molar-refractivity contribution in [2.24, 2.45) is 0 Å². The van der Waals surface area contributed by atoms with E-state index in [1.807, 2.05) is 49.4 Å². The van der Waals surface area contributed by atoms with E-state index in [1.165, 1.54) is 4.80 Å². The summed E-state index contributed by atoms with van der Waals surface area (Å²) >= 11 is 0. The fourth-order valence-electron chi connectivity index (χ4n) is 2.38. The molecule has 7 heteroatoms. The van der Waals surface area contributed by atoms with Crippen molar-refractivity contribution in [2.45, 2.75) is 13.5 Å². The molecular weight excluding hydrogens is 320 g/mol. The highest BCUT2D eigenvalue weighted by Gasteiger charge is 2.10. The number of methoxy groups -OCH3 is 2. The lowest BCUT2D eigenvalue weighted by molar-refractivity contribution is 0.280. The topological polar surface area (TPSA) is 71.3 Å². The van der Waals surface area contributed by atoms with Crippen LogP contribution in [0.5, 0.6) is 17.2 Å². The zero-order chi connectivity index (χ0) is 17.6. The number of hydrogen-bond donors (Lipinski definition) is 0. The molecule has 0 amide bonds. The van der Waals surface area contributed by atoms with Gasteiger partial charge in [0.15, 0.2) is 11.5 Å². The Hall–Kier alpha value is -3.09. The highest BCUT2D eigenvalue weighted by Crippen LogP contribution is 2.30. The zero-order valence-corrected chi connectivity index (χ0v) is 14.5. The molecule has 0 atom stereocenters. The molecule has 0 radical (unpaired) electrons. The van der Waals surface area contributed by atoms with Crippen LogP contribution in [-0.2, 0) is 6.54 Å². The Morgan fingerprint density at radius 2 is 1.84 bits per heavy atom. The SMILES string of the molecule is COc1ccc(-c2nnn(CCOc3cccc(C)c3)n2)cc1OC. The number of benzene rings is 2. The molecule has 0 saturated heterocycles. The minimum Gasteiger partial charge on any atom is -0.493 e. The Balaban J connectivity index is 1.64. The van der Waals surface area contributed by atoms with Gasteiger partial charge in [0.25, 0.3) is 0 Å². The van der Waals surface area contributed by atoms with Crippen molar-refractivity contribution in [3.05, 3.63) is 48.0 Å². The monoisotopic (exact) mass is 340 g/mol. The Kier molecular flexibility index (Phi) is 5.13. The molecule has 130 valence electrons. The van der Waals surface area contributed by atoms with E-state index in [0.29, 0.717) is 30.5 Å². The summed E-state index contributed by atoms with van der Waals surface area (Å²) in [6, 6.07) is 13.4. The first-order chi connectivity index (χ1) is 12.2. The van der Waals surface area contributed by atoms with E-state index in [9.17, 15) is 0 Å². The molecule has 0 fully saturated rings. The molecule has 0 unspecified atom stereocenters. The predicted octanol–water partition coefficient (Wildman–Crippen LogP) is 2.74. The lowest BCUT2D eigenvalue weighted by Crippen LogP contribution is -2.11. The van der Waals surface area contributed by atoms with Crippen LogP contribution in [0, 0.1) is 6.92 Å². The molecule has 1 aromatic heterocycles. The van der Waals surface area contributed by atoms with Crippen molar-refractivity contribution < 1.29 is 14.2 Å². The van der Waals surface area contributed by atoms with Gasteiger partial charge in [-0.3, -0.25) is 0 Å². The van der Waals surface area contributed by atoms with Gasteiger partial charge >= 0.3 is 0 Å². The minimum absolute atomic E-state index is 0.463. The molecule has 0 saturated carbocycles. The van der Waals surface area contributed by atoms with E-state index in [0.717, 1.165) is 16.9 Å². The second-order valence-corrected chi connectivity index (χ2v) is 5.44. The smallest absolute Gasteiger partial charge is 0.205 e. The zero-order valence-electron chi connectivity index (χ0n) is 14.5. The van der Waals surface area contributed by atoms with Gasteiger partial charge in [0.1, 0.15) is 12.4 Å². The van der Waals surface area contributed by atoms with Crippen LogP contribution in [0.2, 0.25) is 0 Å². The Bertz CT molecular complexity index is 848. The second-order valence-electron chi connectivity index (χ2n) is 5.44. The first-order valence-electron chi connectivity index (χ1n) is 7.89. The average Bonchev–Trinajstić information content (AvgIpc) is 3.10. The Morgan fingerprint density at radius 3 is 2.60 bits per heavy atom. The molecule has 3 aromatic rings. The number of tetrazole rings is 1. The number of nitrogens with zero attached hydrogens (tertiary/aromatic N) is 4. The van der Waals surface area contributed by atoms with Crippen LogP contribution in [-0.4, -0.2) is 41.0 Å². The van der Waals surface area contributed by atoms with Gasteiger partial charge in [0.2, 0.25) is 5.82 Å². The number of aryl methyl sites for hydroxylation is 1. The molecule has 2 aromatic carbocycles. The van der Waals surface area contributed by atoms with Gasteiger partial charge in [-0.2, -0.15) is 4.80 Å². The normalized spacial score (nSPS) is 10.5. The van der Waals surface area contributed by atoms with Crippen molar-refractivity contribution in [1.82, 2.24) is 20.2 Å². The van der Waals surface area contributed by atoms with Gasteiger partial charge < -0.3 is 14.2 Å². The van der Waals surface area contributed by atoms with E-state index in [2.05, 4.69) is 15.4 Å². The maximum atomic E-state index is 5.71. The maximum absolute atomic E-state index is 5.71. The maximum Gasteiger partial charge on any atom is 0.205 e. The van der Waals surface area contributed by atoms with Crippen LogP contribution in [0.3, 0.4) is 0 Å². The van der Waals surface area contributed by atoms with Crippen LogP contribution in [0.4, 0.5) is 0 Å². The summed E-state index contributed by atoms with van der Waals surface area (Å²) in [5.41, 5.74) is 1.97. The molecule has 0 aliphatic rings. The summed E-state index contributed by atoms with van der Waals surface area (Å²) in [5, 5.41) is 12.5. The molecule has 1 heterocycles. The fraction of sp³-hybridized carbons (Fsp3) is 0.278. The lowest BCUT2D eigenvalue weighted by atomic mass is 10.2. The number of aromatic nitrogens is 4. The van der Waals surface area contributed by atoms with Crippen molar-refractivity contribution in [3.8, 4) is 28.6 Å². The van der Waals surface area contributed by atoms with Crippen LogP contribution in [0.25, 0.3) is 11.4 Å². The summed E-state index contributed by atoms with van der Waals surface area (Å²) in [7, 11) is 3.19. The summed E-state index contributed by atoms with van der Waals surface area (Å²) in [6.45, 7) is 3.00. The third kappa shape index (κ3) is 4.06. The Labute approximate surface area is 146 Å². The molecule has 0 N–H and O–H groups in total. The van der Waals surface area contributed by atoms with Crippen LogP contribution < -0.4 is 14.2 Å². The molecule has 0 aliphatic heterocycles. The molecule has 0 bridgehead atoms. The largest absolute Gasteiger partial charge is 0.493 e. The van der Waals surface area contributed by atoms with Crippen LogP contribution >= 0.6 is 0 Å². The van der Waals surface area contributed by atoms with Gasteiger partial charge in [-0.1, -0.05) is 12.1 Å². The number of ether oxygens (including phenoxy) is 3. The first-order valence-corrected chi connectivity index (χ1v) is 7.89. The summed E-state index contributed by atoms with van der Waals surface area (Å²) in [4.78, 5) is 1.52. The van der Waals surface area contributed by atoms with E-state index in [4.69, 9.17) is 14.2 Å². The standard InChI is InChI=1S/C18H20N4O3/c1-13-5-4-6-15(11-13)25-10-9-22-20-18(19-21-22)14-7-8-16(23-2)17(12-14)24-3/h4-8,11-12H,9-10H2,1-3H3. The fourth-order valence-corrected chi connectivity index (χ4v) is 2.38. The van der Waals surface area contributed by atoms with E-state index >= 15 is 0 Å². The minimum atomic E-state index is 0.463. The summed E-state index contributed by atoms with van der Waals surface area (Å²) in [5.74, 6) is 2.64. The molecule has 3 rings (SSSR count). The second kappa shape index (κ2) is 7.65. The van der Waals surface area contributed by atoms with Gasteiger partial charge in [-0.05, 0) is 48.0 Å². The first kappa shape index (κ1) is 16.8. The van der Waals surface area contributed by atoms with Crippen molar-refractivity contribution in [1.29, 1.82) is 0 Å². The van der Waals surface area contributed by atoms with E-state index in [1.54, 1.807) is 14.2 Å². The predicted molar refractivity (Wildman–Crippen MR) is 93.0 cm³/mol. The molecule has 0 aliphatic carbocycles. The third-order valence-electron chi connectivity index (χ3n) is 3.64. The summed E-state index contributed by atoms with van der Waals surface area (Å²) < 4.78 is 16.2. The van der Waals surface area contributed by atoms with Crippen molar-refractivity contribution in [2.75, 3.05) is 20.8 Å². The molecule has 7 nitrogen and oxygen atoms in total. The lowest BCUT2D eigenvalue weighted by Gasteiger charge is -2.07. The van der Waals surface area contributed by atoms with E-state index < -0.39 is 0 Å². The van der Waals surface area contributed by atoms with Crippen molar-refractivity contribution in [3.63, 3.8) is 0 Å². The molecular formula is C18H20N4O3. The highest BCUT2D eigenvalue weighted by atomic mass is 16.5. The third-order valence-corrected chi connectivity index (χ3v) is 3.64. The van der Waals surface area contributed by atoms with Gasteiger partial charge in [-0.25, -0.2) is 0 Å². The van der Waals surface area contributed by atoms with Crippen molar-refractivity contribution >= 4 is 0 Å². The van der Waals surface area contributed by atoms with Gasteiger partial charge in [0.05, 0.1) is 20.8 Å². The van der Waals surface area contributed by atoms with Crippen LogP contribution in [0.15, 0.2) is 42.5 Å².